The van der Waals surface area contributed by atoms with Crippen molar-refractivity contribution in [1.82, 2.24) is 30.4 Å². The van der Waals surface area contributed by atoms with Crippen molar-refractivity contribution in [2.24, 2.45) is 0 Å². The summed E-state index contributed by atoms with van der Waals surface area (Å²) in [4.78, 5) is 21.2. The van der Waals surface area contributed by atoms with Crippen LogP contribution in [0.3, 0.4) is 0 Å². The van der Waals surface area contributed by atoms with E-state index in [1.165, 1.54) is 36.8 Å². The summed E-state index contributed by atoms with van der Waals surface area (Å²) in [5.74, 6) is -1.22. The van der Waals surface area contributed by atoms with E-state index >= 15 is 0 Å². The monoisotopic (exact) mass is 489 g/mol. The lowest BCUT2D eigenvalue weighted by atomic mass is 9.99. The van der Waals surface area contributed by atoms with E-state index in [0.717, 1.165) is 30.4 Å². The maximum atomic E-state index is 14.7. The van der Waals surface area contributed by atoms with E-state index in [-0.39, 0.29) is 34.3 Å². The average Bonchev–Trinajstić information content (AvgIpc) is 3.41. The zero-order valence-electron chi connectivity index (χ0n) is 18.6. The maximum absolute atomic E-state index is 14.7. The lowest BCUT2D eigenvalue weighted by molar-refractivity contribution is -0.142. The summed E-state index contributed by atoms with van der Waals surface area (Å²) < 4.78 is 53.4. The average molecular weight is 489 g/mol. The smallest absolute Gasteiger partial charge is 0.382 e. The number of hydrogen-bond donors (Lipinski definition) is 3. The second-order valence-corrected chi connectivity index (χ2v) is 9.10. The molecule has 1 aromatic carbocycles. The lowest BCUT2D eigenvalue weighted by Crippen LogP contribution is -2.50. The molecular formula is C23H23F4N7O. The minimum absolute atomic E-state index is 0.0302. The van der Waals surface area contributed by atoms with Crippen molar-refractivity contribution in [3.63, 3.8) is 0 Å². The summed E-state index contributed by atoms with van der Waals surface area (Å²) in [7, 11) is 0. The van der Waals surface area contributed by atoms with Gasteiger partial charge < -0.3 is 16.4 Å². The molecule has 1 atom stereocenters. The highest BCUT2D eigenvalue weighted by Crippen LogP contribution is 2.41. The molecule has 184 valence electrons. The van der Waals surface area contributed by atoms with Gasteiger partial charge in [0.2, 0.25) is 0 Å². The fourth-order valence-electron chi connectivity index (χ4n) is 4.31. The van der Waals surface area contributed by atoms with Crippen LogP contribution < -0.4 is 16.4 Å². The van der Waals surface area contributed by atoms with Gasteiger partial charge in [0.25, 0.3) is 5.91 Å². The fraction of sp³-hybridized carbons (Fsp3) is 0.391. The molecule has 2 aromatic heterocycles. The molecule has 4 N–H and O–H groups in total. The van der Waals surface area contributed by atoms with Gasteiger partial charge >= 0.3 is 6.18 Å². The summed E-state index contributed by atoms with van der Waals surface area (Å²) >= 11 is 0. The normalized spacial score (nSPS) is 19.0. The molecule has 3 aromatic rings. The first-order valence-electron chi connectivity index (χ1n) is 11.2. The minimum atomic E-state index is -4.42. The number of alkyl halides is 3. The number of anilines is 1. The second kappa shape index (κ2) is 8.59. The Kier molecular flexibility index (Phi) is 5.70. The van der Waals surface area contributed by atoms with Gasteiger partial charge in [0.1, 0.15) is 12.4 Å². The van der Waals surface area contributed by atoms with Gasteiger partial charge in [-0.05, 0) is 43.4 Å². The van der Waals surface area contributed by atoms with Crippen LogP contribution in [0.2, 0.25) is 0 Å². The number of carbonyl (C=O) groups is 1. The summed E-state index contributed by atoms with van der Waals surface area (Å²) in [6, 6.07) is 3.94. The Morgan fingerprint density at radius 1 is 1.23 bits per heavy atom. The first-order chi connectivity index (χ1) is 16.6. The third-order valence-electron chi connectivity index (χ3n) is 6.45. The quantitative estimate of drug-likeness (QED) is 0.475. The molecule has 1 saturated heterocycles. The minimum Gasteiger partial charge on any atom is -0.382 e. The molecule has 1 amide bonds. The van der Waals surface area contributed by atoms with Gasteiger partial charge in [-0.15, -0.1) is 0 Å². The molecule has 1 aliphatic heterocycles. The number of nitrogens with two attached hydrogens (primary N) is 1. The van der Waals surface area contributed by atoms with E-state index in [1.54, 1.807) is 0 Å². The van der Waals surface area contributed by atoms with Crippen LogP contribution in [0.4, 0.5) is 23.4 Å². The standard InChI is InChI=1S/C23H23F4N7O/c24-17-2-1-13(14-8-31-34(11-14)12-23(25,26)27)7-16(17)18-10-29-20(28)19(33-18)21(35)32-15-3-4-22(5-6-22)30-9-15/h1-2,7-8,10-11,15,30H,3-6,9,12H2,(H2,28,29)(H,32,35). The van der Waals surface area contributed by atoms with E-state index in [2.05, 4.69) is 25.7 Å². The fourth-order valence-corrected chi connectivity index (χ4v) is 4.31. The molecular weight excluding hydrogens is 466 g/mol. The number of hydrogen-bond acceptors (Lipinski definition) is 6. The van der Waals surface area contributed by atoms with Crippen molar-refractivity contribution in [3.8, 4) is 22.4 Å². The molecule has 1 aliphatic carbocycles. The highest BCUT2D eigenvalue weighted by atomic mass is 19.4. The number of amides is 1. The van der Waals surface area contributed by atoms with Crippen LogP contribution in [0.1, 0.15) is 36.2 Å². The number of aromatic nitrogens is 4. The van der Waals surface area contributed by atoms with Crippen molar-refractivity contribution in [3.05, 3.63) is 48.3 Å². The summed E-state index contributed by atoms with van der Waals surface area (Å²) in [5, 5.41) is 10.1. The van der Waals surface area contributed by atoms with Crippen molar-refractivity contribution >= 4 is 11.7 Å². The Balaban J connectivity index is 1.37. The first-order valence-corrected chi connectivity index (χ1v) is 11.2. The maximum Gasteiger partial charge on any atom is 0.408 e. The lowest BCUT2D eigenvalue weighted by Gasteiger charge is -2.30. The zero-order valence-corrected chi connectivity index (χ0v) is 18.6. The van der Waals surface area contributed by atoms with E-state index in [9.17, 15) is 22.4 Å². The van der Waals surface area contributed by atoms with E-state index < -0.39 is 24.4 Å². The van der Waals surface area contributed by atoms with E-state index in [0.29, 0.717) is 17.7 Å². The number of nitrogen functional groups attached to an aromatic ring is 1. The molecule has 1 unspecified atom stereocenters. The molecule has 5 rings (SSSR count). The molecule has 0 bridgehead atoms. The van der Waals surface area contributed by atoms with Crippen molar-refractivity contribution < 1.29 is 22.4 Å². The van der Waals surface area contributed by atoms with Crippen LogP contribution in [-0.4, -0.2) is 50.0 Å². The van der Waals surface area contributed by atoms with Gasteiger partial charge in [-0.1, -0.05) is 6.07 Å². The Labute approximate surface area is 197 Å². The molecule has 3 heterocycles. The molecule has 1 spiro atoms. The van der Waals surface area contributed by atoms with Gasteiger partial charge in [-0.25, -0.2) is 14.4 Å². The largest absolute Gasteiger partial charge is 0.408 e. The molecule has 8 nitrogen and oxygen atoms in total. The number of nitrogens with zero attached hydrogens (tertiary/aromatic N) is 4. The third kappa shape index (κ3) is 5.11. The number of carbonyl (C=O) groups excluding carboxylic acids is 1. The predicted octanol–water partition coefficient (Wildman–Crippen LogP) is 3.31. The zero-order chi connectivity index (χ0) is 24.8. The van der Waals surface area contributed by atoms with E-state index in [4.69, 9.17) is 5.73 Å². The van der Waals surface area contributed by atoms with Crippen LogP contribution in [0.5, 0.6) is 0 Å². The first kappa shape index (κ1) is 23.2. The van der Waals surface area contributed by atoms with Crippen molar-refractivity contribution in [1.29, 1.82) is 0 Å². The number of nitrogens with one attached hydrogen (secondary N) is 2. The van der Waals surface area contributed by atoms with Crippen LogP contribution in [0.25, 0.3) is 22.4 Å². The van der Waals surface area contributed by atoms with Crippen molar-refractivity contribution in [2.45, 2.75) is 50.0 Å². The molecule has 35 heavy (non-hydrogen) atoms. The van der Waals surface area contributed by atoms with Crippen LogP contribution in [0, 0.1) is 5.82 Å². The summed E-state index contributed by atoms with van der Waals surface area (Å²) in [6.07, 6.45) is 3.45. The Hall–Kier alpha value is -3.54. The van der Waals surface area contributed by atoms with Gasteiger partial charge in [-0.3, -0.25) is 9.48 Å². The highest BCUT2D eigenvalue weighted by Gasteiger charge is 2.45. The van der Waals surface area contributed by atoms with Gasteiger partial charge in [-0.2, -0.15) is 18.3 Å². The van der Waals surface area contributed by atoms with Crippen LogP contribution in [0.15, 0.2) is 36.8 Å². The Morgan fingerprint density at radius 3 is 2.71 bits per heavy atom. The van der Waals surface area contributed by atoms with E-state index in [1.807, 2.05) is 0 Å². The number of halogens is 4. The predicted molar refractivity (Wildman–Crippen MR) is 120 cm³/mol. The number of rotatable bonds is 5. The molecule has 2 aliphatic rings. The van der Waals surface area contributed by atoms with Crippen LogP contribution >= 0.6 is 0 Å². The Morgan fingerprint density at radius 2 is 2.03 bits per heavy atom. The Bertz CT molecular complexity index is 1260. The third-order valence-corrected chi connectivity index (χ3v) is 6.45. The number of benzene rings is 1. The topological polar surface area (TPSA) is 111 Å². The summed E-state index contributed by atoms with van der Waals surface area (Å²) in [6.45, 7) is -0.585. The van der Waals surface area contributed by atoms with Crippen LogP contribution in [-0.2, 0) is 6.54 Å². The second-order valence-electron chi connectivity index (χ2n) is 9.10. The van der Waals surface area contributed by atoms with Crippen molar-refractivity contribution in [2.75, 3.05) is 12.3 Å². The van der Waals surface area contributed by atoms with Gasteiger partial charge in [0.05, 0.1) is 18.1 Å². The van der Waals surface area contributed by atoms with Gasteiger partial charge in [0, 0.05) is 35.4 Å². The molecule has 2 fully saturated rings. The summed E-state index contributed by atoms with van der Waals surface area (Å²) in [5.41, 5.74) is 6.93. The molecule has 12 heteroatoms. The molecule has 1 saturated carbocycles. The highest BCUT2D eigenvalue weighted by molar-refractivity contribution is 5.97. The van der Waals surface area contributed by atoms with Gasteiger partial charge in [0.15, 0.2) is 11.5 Å². The SMILES string of the molecule is Nc1ncc(-c2cc(-c3cnn(CC(F)(F)F)c3)ccc2F)nc1C(=O)NC1CCC2(CC2)NC1. The molecule has 0 radical (unpaired) electrons. The number of piperidine rings is 1.